The molecule has 2 aromatic carbocycles. The first-order chi connectivity index (χ1) is 10.0. The maximum atomic E-state index is 13.6. The van der Waals surface area contributed by atoms with E-state index in [1.54, 1.807) is 6.07 Å². The topological polar surface area (TPSA) is 38.3 Å². The Labute approximate surface area is 123 Å². The van der Waals surface area contributed by atoms with Crippen LogP contribution < -0.4 is 10.1 Å². The molecule has 2 aromatic rings. The zero-order valence-corrected chi connectivity index (χ0v) is 12.3. The molecule has 1 atom stereocenters. The fraction of sp³-hybridized carbons (Fsp3) is 0.235. The molecule has 1 N–H and O–H groups in total. The van der Waals surface area contributed by atoms with Crippen LogP contribution in [0.2, 0.25) is 0 Å². The van der Waals surface area contributed by atoms with E-state index in [-0.39, 0.29) is 23.3 Å². The SMILES string of the molecule is COc1ccc(C(=O)NC(C)c2ccccc2C)cc1F. The van der Waals surface area contributed by atoms with E-state index in [1.807, 2.05) is 38.1 Å². The highest BCUT2D eigenvalue weighted by Crippen LogP contribution is 2.20. The summed E-state index contributed by atoms with van der Waals surface area (Å²) in [6.07, 6.45) is 0. The molecule has 0 fully saturated rings. The third kappa shape index (κ3) is 3.40. The van der Waals surface area contributed by atoms with Crippen LogP contribution in [-0.2, 0) is 0 Å². The van der Waals surface area contributed by atoms with Gasteiger partial charge in [-0.25, -0.2) is 4.39 Å². The van der Waals surface area contributed by atoms with Gasteiger partial charge in [-0.05, 0) is 43.2 Å². The largest absolute Gasteiger partial charge is 0.494 e. The number of hydrogen-bond acceptors (Lipinski definition) is 2. The minimum Gasteiger partial charge on any atom is -0.494 e. The van der Waals surface area contributed by atoms with Crippen molar-refractivity contribution >= 4 is 5.91 Å². The molecule has 0 radical (unpaired) electrons. The minimum absolute atomic E-state index is 0.124. The average molecular weight is 287 g/mol. The molecule has 4 heteroatoms. The Morgan fingerprint density at radius 2 is 1.95 bits per heavy atom. The van der Waals surface area contributed by atoms with Crippen LogP contribution in [0.5, 0.6) is 5.75 Å². The van der Waals surface area contributed by atoms with Gasteiger partial charge in [-0.15, -0.1) is 0 Å². The molecule has 1 amide bonds. The van der Waals surface area contributed by atoms with E-state index >= 15 is 0 Å². The molecule has 1 unspecified atom stereocenters. The average Bonchev–Trinajstić information content (AvgIpc) is 2.47. The Balaban J connectivity index is 2.14. The van der Waals surface area contributed by atoms with Crippen LogP contribution in [-0.4, -0.2) is 13.0 Å². The number of nitrogens with one attached hydrogen (secondary N) is 1. The number of aryl methyl sites for hydroxylation is 1. The fourth-order valence-electron chi connectivity index (χ4n) is 2.24. The van der Waals surface area contributed by atoms with E-state index in [2.05, 4.69) is 5.32 Å². The second-order valence-electron chi connectivity index (χ2n) is 4.90. The number of carbonyl (C=O) groups excluding carboxylic acids is 1. The van der Waals surface area contributed by atoms with Gasteiger partial charge in [-0.3, -0.25) is 4.79 Å². The Morgan fingerprint density at radius 3 is 2.57 bits per heavy atom. The zero-order valence-electron chi connectivity index (χ0n) is 12.3. The lowest BCUT2D eigenvalue weighted by Crippen LogP contribution is -2.27. The maximum absolute atomic E-state index is 13.6. The summed E-state index contributed by atoms with van der Waals surface area (Å²) in [6.45, 7) is 3.89. The monoisotopic (exact) mass is 287 g/mol. The molecule has 0 saturated carbocycles. The molecule has 0 bridgehead atoms. The molecule has 0 aliphatic heterocycles. The molecule has 0 aliphatic carbocycles. The quantitative estimate of drug-likeness (QED) is 0.932. The van der Waals surface area contributed by atoms with E-state index < -0.39 is 5.82 Å². The van der Waals surface area contributed by atoms with E-state index in [4.69, 9.17) is 4.74 Å². The zero-order chi connectivity index (χ0) is 15.4. The molecule has 0 heterocycles. The molecule has 2 rings (SSSR count). The smallest absolute Gasteiger partial charge is 0.251 e. The lowest BCUT2D eigenvalue weighted by Gasteiger charge is -2.16. The molecule has 3 nitrogen and oxygen atoms in total. The summed E-state index contributed by atoms with van der Waals surface area (Å²) in [5.41, 5.74) is 2.42. The lowest BCUT2D eigenvalue weighted by atomic mass is 10.0. The molecule has 0 saturated heterocycles. The molecule has 0 aromatic heterocycles. The Bertz CT molecular complexity index is 655. The number of carbonyl (C=O) groups is 1. The van der Waals surface area contributed by atoms with Crippen LogP contribution in [0.1, 0.15) is 34.5 Å². The van der Waals surface area contributed by atoms with Gasteiger partial charge in [0, 0.05) is 5.56 Å². The molecular weight excluding hydrogens is 269 g/mol. The van der Waals surface area contributed by atoms with Gasteiger partial charge in [-0.2, -0.15) is 0 Å². The Kier molecular flexibility index (Phi) is 4.58. The van der Waals surface area contributed by atoms with E-state index in [0.29, 0.717) is 0 Å². The summed E-state index contributed by atoms with van der Waals surface area (Å²) in [7, 11) is 1.39. The van der Waals surface area contributed by atoms with E-state index in [1.165, 1.54) is 19.2 Å². The number of halogens is 1. The highest BCUT2D eigenvalue weighted by molar-refractivity contribution is 5.94. The number of hydrogen-bond donors (Lipinski definition) is 1. The predicted molar refractivity (Wildman–Crippen MR) is 80.0 cm³/mol. The molecule has 0 aliphatic rings. The summed E-state index contributed by atoms with van der Waals surface area (Å²) < 4.78 is 18.5. The molecule has 110 valence electrons. The van der Waals surface area contributed by atoms with Crippen molar-refractivity contribution in [3.63, 3.8) is 0 Å². The van der Waals surface area contributed by atoms with Gasteiger partial charge >= 0.3 is 0 Å². The third-order valence-electron chi connectivity index (χ3n) is 3.42. The van der Waals surface area contributed by atoms with Crippen molar-refractivity contribution in [1.29, 1.82) is 0 Å². The minimum atomic E-state index is -0.548. The Morgan fingerprint density at radius 1 is 1.24 bits per heavy atom. The van der Waals surface area contributed by atoms with E-state index in [0.717, 1.165) is 11.1 Å². The first-order valence-corrected chi connectivity index (χ1v) is 6.73. The number of methoxy groups -OCH3 is 1. The van der Waals surface area contributed by atoms with Crippen LogP contribution in [0.15, 0.2) is 42.5 Å². The van der Waals surface area contributed by atoms with Gasteiger partial charge in [0.15, 0.2) is 11.6 Å². The van der Waals surface area contributed by atoms with Crippen LogP contribution >= 0.6 is 0 Å². The highest BCUT2D eigenvalue weighted by atomic mass is 19.1. The summed E-state index contributed by atoms with van der Waals surface area (Å²) in [5.74, 6) is -0.737. The summed E-state index contributed by atoms with van der Waals surface area (Å²) in [4.78, 5) is 12.2. The molecule has 0 spiro atoms. The second-order valence-corrected chi connectivity index (χ2v) is 4.90. The molecular formula is C17H18FNO2. The van der Waals surface area contributed by atoms with Gasteiger partial charge in [0.05, 0.1) is 13.2 Å². The van der Waals surface area contributed by atoms with Crippen molar-refractivity contribution in [2.75, 3.05) is 7.11 Å². The van der Waals surface area contributed by atoms with Crippen molar-refractivity contribution in [2.24, 2.45) is 0 Å². The van der Waals surface area contributed by atoms with Crippen molar-refractivity contribution in [3.8, 4) is 5.75 Å². The standard InChI is InChI=1S/C17H18FNO2/c1-11-6-4-5-7-14(11)12(2)19-17(20)13-8-9-16(21-3)15(18)10-13/h4-10,12H,1-3H3,(H,19,20). The van der Waals surface area contributed by atoms with Crippen LogP contribution in [0.3, 0.4) is 0 Å². The lowest BCUT2D eigenvalue weighted by molar-refractivity contribution is 0.0939. The number of benzene rings is 2. The summed E-state index contributed by atoms with van der Waals surface area (Å²) >= 11 is 0. The normalized spacial score (nSPS) is 11.8. The fourth-order valence-corrected chi connectivity index (χ4v) is 2.24. The van der Waals surface area contributed by atoms with Gasteiger partial charge in [0.2, 0.25) is 0 Å². The van der Waals surface area contributed by atoms with Crippen LogP contribution in [0.4, 0.5) is 4.39 Å². The number of rotatable bonds is 4. The predicted octanol–water partition coefficient (Wildman–Crippen LogP) is 3.63. The van der Waals surface area contributed by atoms with Crippen LogP contribution in [0.25, 0.3) is 0 Å². The Hall–Kier alpha value is -2.36. The van der Waals surface area contributed by atoms with Crippen molar-refractivity contribution in [1.82, 2.24) is 5.32 Å². The van der Waals surface area contributed by atoms with Gasteiger partial charge in [0.1, 0.15) is 0 Å². The molecule has 21 heavy (non-hydrogen) atoms. The highest BCUT2D eigenvalue weighted by Gasteiger charge is 2.14. The third-order valence-corrected chi connectivity index (χ3v) is 3.42. The first-order valence-electron chi connectivity index (χ1n) is 6.73. The van der Waals surface area contributed by atoms with Crippen molar-refractivity contribution < 1.29 is 13.9 Å². The number of ether oxygens (including phenoxy) is 1. The van der Waals surface area contributed by atoms with Gasteiger partial charge in [-0.1, -0.05) is 24.3 Å². The van der Waals surface area contributed by atoms with Gasteiger partial charge < -0.3 is 10.1 Å². The summed E-state index contributed by atoms with van der Waals surface area (Å²) in [5, 5.41) is 2.87. The van der Waals surface area contributed by atoms with Crippen molar-refractivity contribution in [3.05, 3.63) is 65.0 Å². The van der Waals surface area contributed by atoms with Crippen molar-refractivity contribution in [2.45, 2.75) is 19.9 Å². The second kappa shape index (κ2) is 6.39. The number of amides is 1. The maximum Gasteiger partial charge on any atom is 0.251 e. The van der Waals surface area contributed by atoms with Crippen LogP contribution in [0, 0.1) is 12.7 Å². The van der Waals surface area contributed by atoms with E-state index in [9.17, 15) is 9.18 Å². The first kappa shape index (κ1) is 15.0. The summed E-state index contributed by atoms with van der Waals surface area (Å²) in [6, 6.07) is 11.9. The van der Waals surface area contributed by atoms with Gasteiger partial charge in [0.25, 0.3) is 5.91 Å².